The fraction of sp³-hybridized carbons (Fsp3) is 0.821. The highest BCUT2D eigenvalue weighted by Crippen LogP contribution is 2.22. The molecule has 0 aromatic heterocycles. The Morgan fingerprint density at radius 2 is 1.16 bits per heavy atom. The molecule has 2 fully saturated rings. The fourth-order valence-corrected chi connectivity index (χ4v) is 5.69. The smallest absolute Gasteiger partial charge is 0.326 e. The molecule has 2 heterocycles. The number of unbranched alkanes of at least 4 members (excludes halogenated alkanes) is 3. The first kappa shape index (κ1) is 37.3. The van der Waals surface area contributed by atoms with E-state index in [0.29, 0.717) is 64.6 Å². The number of hydrogen-bond donors (Lipinski definition) is 9. The quantitative estimate of drug-likeness (QED) is 0.0635. The lowest BCUT2D eigenvalue weighted by atomic mass is 10.0. The van der Waals surface area contributed by atoms with E-state index in [4.69, 9.17) is 22.9 Å². The molecular weight excluding hydrogens is 576 g/mol. The average Bonchev–Trinajstić information content (AvgIpc) is 3.58. The highest BCUT2D eigenvalue weighted by atomic mass is 16.4. The Labute approximate surface area is 258 Å². The molecule has 2 aliphatic rings. The minimum atomic E-state index is -1.26. The SMILES string of the molecule is NCCCC[C@H](NC(=O)[C@@H]1C[C@@H](O)CN1C(=O)[C@@H](N)CCCCN)C(=O)N[C@@H](CCCCN)C(=O)N1C[C@H](O)C[C@H]1C(=O)O. The molecule has 7 atom stereocenters. The number of carbonyl (C=O) groups is 5. The number of nitrogens with zero attached hydrogens (tertiary/aromatic N) is 2. The van der Waals surface area contributed by atoms with Crippen LogP contribution in [0, 0.1) is 0 Å². The molecule has 0 saturated carbocycles. The third kappa shape index (κ3) is 10.9. The molecule has 0 unspecified atom stereocenters. The van der Waals surface area contributed by atoms with E-state index in [1.54, 1.807) is 0 Å². The number of carboxylic acid groups (broad SMARTS) is 1. The van der Waals surface area contributed by atoms with Gasteiger partial charge in [0.05, 0.1) is 18.2 Å². The number of rotatable bonds is 19. The number of aliphatic hydroxyl groups is 2. The van der Waals surface area contributed by atoms with Crippen molar-refractivity contribution in [3.8, 4) is 0 Å². The molecule has 13 N–H and O–H groups in total. The number of likely N-dealkylation sites (tertiary alicyclic amines) is 2. The van der Waals surface area contributed by atoms with Crippen LogP contribution in [-0.4, -0.2) is 130 Å². The summed E-state index contributed by atoms with van der Waals surface area (Å²) in [6.45, 7) is 0.913. The van der Waals surface area contributed by atoms with Gasteiger partial charge in [-0.1, -0.05) is 6.42 Å². The molecule has 0 bridgehead atoms. The summed E-state index contributed by atoms with van der Waals surface area (Å²) in [5, 5.41) is 35.3. The van der Waals surface area contributed by atoms with E-state index in [9.17, 15) is 39.3 Å². The number of hydrogen-bond acceptors (Lipinski definition) is 11. The number of nitrogens with two attached hydrogens (primary N) is 4. The van der Waals surface area contributed by atoms with E-state index in [2.05, 4.69) is 10.6 Å². The normalized spacial score (nSPS) is 23.7. The van der Waals surface area contributed by atoms with Crippen LogP contribution in [0.5, 0.6) is 0 Å². The van der Waals surface area contributed by atoms with Crippen LogP contribution in [0.1, 0.15) is 70.6 Å². The standard InChI is InChI=1S/C28H52N8O8/c29-10-4-1-7-19(32)26(41)35-15-17(37)13-22(35)25(40)33-20(8-2-5-11-30)24(39)34-21(9-3-6-12-31)27(42)36-16-18(38)14-23(36)28(43)44/h17-23,37-38H,1-16,29-32H2,(H,33,40)(H,34,39)(H,43,44)/t17-,18-,19+,20+,21+,22+,23+/m1/s1. The number of amides is 4. The Morgan fingerprint density at radius 1 is 0.682 bits per heavy atom. The predicted molar refractivity (Wildman–Crippen MR) is 160 cm³/mol. The topological polar surface area (TPSA) is 281 Å². The molecule has 0 radical (unpaired) electrons. The summed E-state index contributed by atoms with van der Waals surface area (Å²) in [5.41, 5.74) is 22.8. The second-order valence-corrected chi connectivity index (χ2v) is 11.7. The van der Waals surface area contributed by atoms with Crippen molar-refractivity contribution < 1.29 is 39.3 Å². The molecule has 16 heteroatoms. The van der Waals surface area contributed by atoms with Gasteiger partial charge in [-0.15, -0.1) is 0 Å². The van der Waals surface area contributed by atoms with E-state index in [1.807, 2.05) is 0 Å². The first-order valence-electron chi connectivity index (χ1n) is 15.6. The van der Waals surface area contributed by atoms with Crippen LogP contribution in [-0.2, 0) is 24.0 Å². The summed E-state index contributed by atoms with van der Waals surface area (Å²) >= 11 is 0. The average molecular weight is 629 g/mol. The monoisotopic (exact) mass is 628 g/mol. The molecule has 44 heavy (non-hydrogen) atoms. The molecule has 2 aliphatic heterocycles. The van der Waals surface area contributed by atoms with Crippen molar-refractivity contribution in [1.29, 1.82) is 0 Å². The molecule has 16 nitrogen and oxygen atoms in total. The van der Waals surface area contributed by atoms with E-state index < -0.39 is 72.0 Å². The lowest BCUT2D eigenvalue weighted by molar-refractivity contribution is -0.149. The van der Waals surface area contributed by atoms with E-state index in [-0.39, 0.29) is 38.8 Å². The van der Waals surface area contributed by atoms with E-state index in [1.165, 1.54) is 4.90 Å². The van der Waals surface area contributed by atoms with Crippen molar-refractivity contribution in [2.45, 2.75) is 113 Å². The summed E-state index contributed by atoms with van der Waals surface area (Å²) in [4.78, 5) is 67.7. The van der Waals surface area contributed by atoms with Gasteiger partial charge in [0.2, 0.25) is 23.6 Å². The van der Waals surface area contributed by atoms with Crippen molar-refractivity contribution in [3.63, 3.8) is 0 Å². The highest BCUT2D eigenvalue weighted by Gasteiger charge is 2.43. The summed E-state index contributed by atoms with van der Waals surface area (Å²) in [7, 11) is 0. The Balaban J connectivity index is 2.21. The van der Waals surface area contributed by atoms with E-state index in [0.717, 1.165) is 4.90 Å². The molecule has 2 saturated heterocycles. The lowest BCUT2D eigenvalue weighted by Crippen LogP contribution is -2.58. The first-order chi connectivity index (χ1) is 20.9. The van der Waals surface area contributed by atoms with Crippen molar-refractivity contribution in [1.82, 2.24) is 20.4 Å². The molecule has 2 rings (SSSR count). The maximum Gasteiger partial charge on any atom is 0.326 e. The molecule has 0 spiro atoms. The Hall–Kier alpha value is -2.89. The Morgan fingerprint density at radius 3 is 1.68 bits per heavy atom. The van der Waals surface area contributed by atoms with Gasteiger partial charge >= 0.3 is 5.97 Å². The largest absolute Gasteiger partial charge is 0.480 e. The van der Waals surface area contributed by atoms with E-state index >= 15 is 0 Å². The third-order valence-corrected chi connectivity index (χ3v) is 8.14. The Kier molecular flexibility index (Phi) is 15.9. The maximum atomic E-state index is 13.6. The number of aliphatic hydroxyl groups excluding tert-OH is 2. The van der Waals surface area contributed by atoms with Crippen LogP contribution < -0.4 is 33.6 Å². The summed E-state index contributed by atoms with van der Waals surface area (Å²) < 4.78 is 0. The van der Waals surface area contributed by atoms with Crippen LogP contribution in [0.25, 0.3) is 0 Å². The van der Waals surface area contributed by atoms with Gasteiger partial charge in [-0.2, -0.15) is 0 Å². The summed E-state index contributed by atoms with van der Waals surface area (Å²) in [5.74, 6) is -3.69. The lowest BCUT2D eigenvalue weighted by Gasteiger charge is -2.30. The Bertz CT molecular complexity index is 972. The molecule has 252 valence electrons. The van der Waals surface area contributed by atoms with Crippen LogP contribution in [0.2, 0.25) is 0 Å². The fourth-order valence-electron chi connectivity index (χ4n) is 5.69. The zero-order valence-corrected chi connectivity index (χ0v) is 25.4. The minimum absolute atomic E-state index is 0.0295. The summed E-state index contributed by atoms with van der Waals surface area (Å²) in [6, 6.07) is -5.37. The van der Waals surface area contributed by atoms with Crippen molar-refractivity contribution in [2.75, 3.05) is 32.7 Å². The van der Waals surface area contributed by atoms with Crippen LogP contribution in [0.3, 0.4) is 0 Å². The zero-order valence-electron chi connectivity index (χ0n) is 25.4. The second kappa shape index (κ2) is 18.8. The zero-order chi connectivity index (χ0) is 32.8. The number of nitrogens with one attached hydrogen (secondary N) is 2. The van der Waals surface area contributed by atoms with Crippen molar-refractivity contribution in [3.05, 3.63) is 0 Å². The van der Waals surface area contributed by atoms with Crippen LogP contribution >= 0.6 is 0 Å². The number of β-amino-alcohol motifs (C(OH)–C–C–N with tert-alkyl or cyclic N) is 2. The van der Waals surface area contributed by atoms with Crippen molar-refractivity contribution >= 4 is 29.6 Å². The number of carboxylic acids is 1. The predicted octanol–water partition coefficient (Wildman–Crippen LogP) is -3.32. The van der Waals surface area contributed by atoms with Gasteiger partial charge in [-0.05, 0) is 71.0 Å². The molecule has 0 aromatic rings. The van der Waals surface area contributed by atoms with Crippen LogP contribution in [0.15, 0.2) is 0 Å². The molecular formula is C28H52N8O8. The maximum absolute atomic E-state index is 13.6. The second-order valence-electron chi connectivity index (χ2n) is 11.7. The van der Waals surface area contributed by atoms with Gasteiger partial charge in [0.15, 0.2) is 0 Å². The van der Waals surface area contributed by atoms with Gasteiger partial charge in [0.25, 0.3) is 0 Å². The molecule has 0 aromatic carbocycles. The van der Waals surface area contributed by atoms with Gasteiger partial charge in [-0.25, -0.2) is 4.79 Å². The first-order valence-corrected chi connectivity index (χ1v) is 15.6. The number of aliphatic carboxylic acids is 1. The molecule has 4 amide bonds. The van der Waals surface area contributed by atoms with Gasteiger partial charge in [0, 0.05) is 25.9 Å². The van der Waals surface area contributed by atoms with Crippen LogP contribution in [0.4, 0.5) is 0 Å². The van der Waals surface area contributed by atoms with Gasteiger partial charge < -0.3 is 58.7 Å². The van der Waals surface area contributed by atoms with Gasteiger partial charge in [-0.3, -0.25) is 19.2 Å². The third-order valence-electron chi connectivity index (χ3n) is 8.14. The minimum Gasteiger partial charge on any atom is -0.480 e. The highest BCUT2D eigenvalue weighted by molar-refractivity contribution is 5.95. The summed E-state index contributed by atoms with van der Waals surface area (Å²) in [6.07, 6.45) is 2.01. The molecule has 0 aliphatic carbocycles. The number of carbonyl (C=O) groups excluding carboxylic acids is 4. The van der Waals surface area contributed by atoms with Crippen molar-refractivity contribution in [2.24, 2.45) is 22.9 Å². The van der Waals surface area contributed by atoms with Gasteiger partial charge in [0.1, 0.15) is 24.2 Å².